The van der Waals surface area contributed by atoms with E-state index in [1.54, 1.807) is 0 Å². The van der Waals surface area contributed by atoms with Crippen molar-refractivity contribution in [3.63, 3.8) is 0 Å². The number of rotatable bonds is 1. The van der Waals surface area contributed by atoms with Crippen LogP contribution in [0.3, 0.4) is 0 Å². The number of nitrogens with one attached hydrogen (secondary N) is 2. The SMILES string of the molecule is NC(=O)/N=C/c1c(O)[nH]c(=O)[nH]c1=O. The van der Waals surface area contributed by atoms with Gasteiger partial charge in [0.2, 0.25) is 5.88 Å². The lowest BCUT2D eigenvalue weighted by Gasteiger charge is -1.94. The topological polar surface area (TPSA) is 141 Å². The maximum Gasteiger partial charge on any atom is 0.338 e. The molecular formula is C6H6N4O4. The number of aromatic hydroxyl groups is 1. The fourth-order valence-corrected chi connectivity index (χ4v) is 0.732. The molecule has 0 aliphatic heterocycles. The Balaban J connectivity index is 3.29. The van der Waals surface area contributed by atoms with Gasteiger partial charge >= 0.3 is 11.7 Å². The summed E-state index contributed by atoms with van der Waals surface area (Å²) in [5.74, 6) is -0.677. The zero-order valence-corrected chi connectivity index (χ0v) is 6.77. The fraction of sp³-hybridized carbons (Fsp3) is 0. The van der Waals surface area contributed by atoms with Gasteiger partial charge < -0.3 is 10.8 Å². The molecule has 0 spiro atoms. The van der Waals surface area contributed by atoms with Crippen molar-refractivity contribution >= 4 is 12.2 Å². The van der Waals surface area contributed by atoms with Crippen LogP contribution in [0.1, 0.15) is 5.56 Å². The molecule has 0 atom stereocenters. The minimum atomic E-state index is -1.02. The maximum atomic E-state index is 11.0. The van der Waals surface area contributed by atoms with Gasteiger partial charge in [-0.15, -0.1) is 0 Å². The number of aromatic nitrogens is 2. The van der Waals surface area contributed by atoms with Gasteiger partial charge in [-0.05, 0) is 0 Å². The number of carbonyl (C=O) groups excluding carboxylic acids is 1. The molecule has 0 saturated carbocycles. The summed E-state index contributed by atoms with van der Waals surface area (Å²) >= 11 is 0. The van der Waals surface area contributed by atoms with E-state index in [-0.39, 0.29) is 5.56 Å². The van der Waals surface area contributed by atoms with E-state index in [1.165, 1.54) is 0 Å². The monoisotopic (exact) mass is 198 g/mol. The van der Waals surface area contributed by atoms with Crippen molar-refractivity contribution in [1.29, 1.82) is 0 Å². The van der Waals surface area contributed by atoms with Crippen molar-refractivity contribution in [3.05, 3.63) is 26.4 Å². The number of nitrogens with zero attached hydrogens (tertiary/aromatic N) is 1. The minimum Gasteiger partial charge on any atom is -0.494 e. The molecule has 1 aromatic heterocycles. The third-order valence-electron chi connectivity index (χ3n) is 1.28. The molecule has 2 amide bonds. The summed E-state index contributed by atoms with van der Waals surface area (Å²) in [4.78, 5) is 38.6. The first kappa shape index (κ1) is 9.71. The Morgan fingerprint density at radius 2 is 2.07 bits per heavy atom. The number of hydrogen-bond donors (Lipinski definition) is 4. The van der Waals surface area contributed by atoms with Crippen molar-refractivity contribution in [2.24, 2.45) is 10.7 Å². The first-order valence-electron chi connectivity index (χ1n) is 3.40. The lowest BCUT2D eigenvalue weighted by atomic mass is 10.3. The van der Waals surface area contributed by atoms with E-state index in [9.17, 15) is 14.4 Å². The molecule has 1 heterocycles. The molecule has 1 aromatic rings. The second kappa shape index (κ2) is 3.56. The Morgan fingerprint density at radius 3 is 2.57 bits per heavy atom. The van der Waals surface area contributed by atoms with E-state index in [0.717, 1.165) is 6.21 Å². The highest BCUT2D eigenvalue weighted by Gasteiger charge is 2.05. The average Bonchev–Trinajstić information content (AvgIpc) is 2.01. The van der Waals surface area contributed by atoms with E-state index < -0.39 is 23.2 Å². The first-order valence-corrected chi connectivity index (χ1v) is 3.40. The van der Waals surface area contributed by atoms with Crippen molar-refractivity contribution in [2.75, 3.05) is 0 Å². The molecule has 8 heteroatoms. The molecule has 0 fully saturated rings. The van der Waals surface area contributed by atoms with Crippen LogP contribution in [0.5, 0.6) is 5.88 Å². The largest absolute Gasteiger partial charge is 0.494 e. The van der Waals surface area contributed by atoms with Crippen molar-refractivity contribution < 1.29 is 9.90 Å². The standard InChI is InChI=1S/C6H6N4O4/c7-5(13)8-1-2-3(11)9-6(14)10-4(2)12/h1H,(H2,7,13)(H3,9,10,11,12,14)/b8-1+. The molecule has 0 aliphatic rings. The van der Waals surface area contributed by atoms with Gasteiger partial charge in [0.25, 0.3) is 5.56 Å². The average molecular weight is 198 g/mol. The number of primary amides is 1. The van der Waals surface area contributed by atoms with Crippen LogP contribution in [0, 0.1) is 0 Å². The van der Waals surface area contributed by atoms with Gasteiger partial charge in [0.05, 0.1) is 6.21 Å². The van der Waals surface area contributed by atoms with Crippen LogP contribution >= 0.6 is 0 Å². The lowest BCUT2D eigenvalue weighted by Crippen LogP contribution is -2.25. The molecule has 8 nitrogen and oxygen atoms in total. The van der Waals surface area contributed by atoms with E-state index >= 15 is 0 Å². The summed E-state index contributed by atoms with van der Waals surface area (Å²) < 4.78 is 0. The molecule has 0 aromatic carbocycles. The zero-order chi connectivity index (χ0) is 10.7. The molecule has 0 saturated heterocycles. The van der Waals surface area contributed by atoms with Gasteiger partial charge in [-0.25, -0.2) is 14.6 Å². The molecule has 0 bridgehead atoms. The molecule has 14 heavy (non-hydrogen) atoms. The Morgan fingerprint density at radius 1 is 1.43 bits per heavy atom. The van der Waals surface area contributed by atoms with E-state index in [0.29, 0.717) is 0 Å². The van der Waals surface area contributed by atoms with E-state index in [4.69, 9.17) is 5.11 Å². The van der Waals surface area contributed by atoms with Crippen LogP contribution in [0.15, 0.2) is 14.6 Å². The Hall–Kier alpha value is -2.38. The molecule has 0 unspecified atom stereocenters. The number of amides is 2. The Labute approximate surface area is 76.1 Å². The predicted octanol–water partition coefficient (Wildman–Crippen LogP) is -1.73. The summed E-state index contributed by atoms with van der Waals surface area (Å²) in [5, 5.41) is 9.07. The zero-order valence-electron chi connectivity index (χ0n) is 6.77. The maximum absolute atomic E-state index is 11.0. The van der Waals surface area contributed by atoms with Crippen LogP contribution in [-0.2, 0) is 0 Å². The number of carbonyl (C=O) groups is 1. The van der Waals surface area contributed by atoms with E-state index in [2.05, 4.69) is 10.7 Å². The molecule has 74 valence electrons. The van der Waals surface area contributed by atoms with Crippen LogP contribution in [0.2, 0.25) is 0 Å². The van der Waals surface area contributed by atoms with Gasteiger partial charge in [-0.3, -0.25) is 14.8 Å². The number of nitrogens with two attached hydrogens (primary N) is 1. The number of H-pyrrole nitrogens is 2. The third-order valence-corrected chi connectivity index (χ3v) is 1.28. The molecule has 5 N–H and O–H groups in total. The third kappa shape index (κ3) is 2.06. The predicted molar refractivity (Wildman–Crippen MR) is 46.5 cm³/mol. The van der Waals surface area contributed by atoms with Gasteiger partial charge in [0.15, 0.2) is 0 Å². The first-order chi connectivity index (χ1) is 6.50. The van der Waals surface area contributed by atoms with Gasteiger partial charge in [0, 0.05) is 0 Å². The highest BCUT2D eigenvalue weighted by Crippen LogP contribution is 2.00. The summed E-state index contributed by atoms with van der Waals surface area (Å²) in [7, 11) is 0. The number of urea groups is 1. The van der Waals surface area contributed by atoms with Gasteiger partial charge in [-0.1, -0.05) is 0 Å². The van der Waals surface area contributed by atoms with Crippen LogP contribution < -0.4 is 17.0 Å². The number of hydrogen-bond acceptors (Lipinski definition) is 4. The summed E-state index contributed by atoms with van der Waals surface area (Å²) in [6.45, 7) is 0. The normalized spacial score (nSPS) is 10.6. The number of aromatic amines is 2. The summed E-state index contributed by atoms with van der Waals surface area (Å²) in [5.41, 5.74) is 2.60. The van der Waals surface area contributed by atoms with E-state index in [1.807, 2.05) is 9.97 Å². The minimum absolute atomic E-state index is 0.344. The van der Waals surface area contributed by atoms with Crippen molar-refractivity contribution in [1.82, 2.24) is 9.97 Å². The second-order valence-electron chi connectivity index (χ2n) is 2.27. The molecule has 0 radical (unpaired) electrons. The molecule has 1 rings (SSSR count). The number of aliphatic imine (C=N–C) groups is 1. The molecular weight excluding hydrogens is 192 g/mol. The second-order valence-corrected chi connectivity index (χ2v) is 2.27. The fourth-order valence-electron chi connectivity index (χ4n) is 0.732. The highest BCUT2D eigenvalue weighted by molar-refractivity contribution is 5.91. The Bertz CT molecular complexity index is 497. The smallest absolute Gasteiger partial charge is 0.338 e. The summed E-state index contributed by atoms with van der Waals surface area (Å²) in [6, 6.07) is -1.02. The van der Waals surface area contributed by atoms with Gasteiger partial charge in [0.1, 0.15) is 5.56 Å². The van der Waals surface area contributed by atoms with Crippen molar-refractivity contribution in [2.45, 2.75) is 0 Å². The highest BCUT2D eigenvalue weighted by atomic mass is 16.3. The van der Waals surface area contributed by atoms with Crippen LogP contribution in [0.25, 0.3) is 0 Å². The summed E-state index contributed by atoms with van der Waals surface area (Å²) in [6.07, 6.45) is 0.756. The lowest BCUT2D eigenvalue weighted by molar-refractivity contribution is 0.257. The van der Waals surface area contributed by atoms with Crippen LogP contribution in [-0.4, -0.2) is 27.3 Å². The van der Waals surface area contributed by atoms with Crippen LogP contribution in [0.4, 0.5) is 4.79 Å². The van der Waals surface area contributed by atoms with Crippen molar-refractivity contribution in [3.8, 4) is 5.88 Å². The quantitative estimate of drug-likeness (QED) is 0.397. The molecule has 0 aliphatic carbocycles. The Kier molecular flexibility index (Phi) is 2.47. The van der Waals surface area contributed by atoms with Gasteiger partial charge in [-0.2, -0.15) is 0 Å².